The third kappa shape index (κ3) is 3.49. The van der Waals surface area contributed by atoms with E-state index < -0.39 is 5.56 Å². The number of carbonyl (C=O) groups excluding carboxylic acids is 1. The minimum Gasteiger partial charge on any atom is -0.372 e. The van der Waals surface area contributed by atoms with E-state index in [1.165, 1.54) is 28.8 Å². The maximum atomic E-state index is 13.1. The van der Waals surface area contributed by atoms with Gasteiger partial charge in [-0.15, -0.1) is 0 Å². The summed E-state index contributed by atoms with van der Waals surface area (Å²) in [7, 11) is 0. The van der Waals surface area contributed by atoms with E-state index in [-0.39, 0.29) is 29.5 Å². The highest BCUT2D eigenvalue weighted by molar-refractivity contribution is 5.95. The first-order valence-corrected chi connectivity index (χ1v) is 8.29. The lowest BCUT2D eigenvalue weighted by Crippen LogP contribution is -2.56. The number of nitrogens with zero attached hydrogens (tertiary/aromatic N) is 2. The zero-order valence-corrected chi connectivity index (χ0v) is 14.5. The van der Waals surface area contributed by atoms with Gasteiger partial charge >= 0.3 is 0 Å². The molecule has 0 aliphatic carbocycles. The van der Waals surface area contributed by atoms with E-state index >= 15 is 0 Å². The lowest BCUT2D eigenvalue weighted by Gasteiger charge is -2.39. The van der Waals surface area contributed by atoms with E-state index in [1.807, 2.05) is 13.8 Å². The molecule has 1 saturated heterocycles. The summed E-state index contributed by atoms with van der Waals surface area (Å²) in [5.74, 6) is -0.667. The Labute approximate surface area is 145 Å². The van der Waals surface area contributed by atoms with Crippen molar-refractivity contribution in [2.45, 2.75) is 33.0 Å². The number of likely N-dealkylation sites (tertiary alicyclic amines) is 1. The van der Waals surface area contributed by atoms with E-state index in [9.17, 15) is 14.0 Å². The molecule has 0 saturated carbocycles. The van der Waals surface area contributed by atoms with Crippen molar-refractivity contribution in [1.29, 1.82) is 0 Å². The molecule has 1 aromatic carbocycles. The molecular formula is C19H21FN2O3. The molecule has 2 heterocycles. The van der Waals surface area contributed by atoms with Crippen molar-refractivity contribution in [3.05, 3.63) is 63.8 Å². The largest absolute Gasteiger partial charge is 0.372 e. The summed E-state index contributed by atoms with van der Waals surface area (Å²) < 4.78 is 20.1. The predicted molar refractivity (Wildman–Crippen MR) is 92.6 cm³/mol. The van der Waals surface area contributed by atoms with Crippen molar-refractivity contribution in [1.82, 2.24) is 9.47 Å². The summed E-state index contributed by atoms with van der Waals surface area (Å²) >= 11 is 0. The van der Waals surface area contributed by atoms with Crippen LogP contribution in [0.2, 0.25) is 0 Å². The quantitative estimate of drug-likeness (QED) is 0.856. The molecule has 132 valence electrons. The highest BCUT2D eigenvalue weighted by atomic mass is 19.1. The monoisotopic (exact) mass is 344 g/mol. The van der Waals surface area contributed by atoms with Crippen molar-refractivity contribution in [3.8, 4) is 5.69 Å². The van der Waals surface area contributed by atoms with E-state index in [0.29, 0.717) is 24.3 Å². The highest BCUT2D eigenvalue weighted by Gasteiger charge is 2.34. The molecule has 0 atom stereocenters. The highest BCUT2D eigenvalue weighted by Crippen LogP contribution is 2.18. The number of hydrogen-bond donors (Lipinski definition) is 0. The van der Waals surface area contributed by atoms with Crippen LogP contribution in [0.3, 0.4) is 0 Å². The van der Waals surface area contributed by atoms with Gasteiger partial charge in [0.2, 0.25) is 0 Å². The molecule has 6 heteroatoms. The van der Waals surface area contributed by atoms with Crippen LogP contribution in [-0.2, 0) is 4.74 Å². The fourth-order valence-corrected chi connectivity index (χ4v) is 2.92. The maximum absolute atomic E-state index is 13.1. The van der Waals surface area contributed by atoms with Crippen LogP contribution in [0.5, 0.6) is 0 Å². The number of pyridine rings is 1. The molecule has 0 unspecified atom stereocenters. The molecule has 1 aliphatic heterocycles. The van der Waals surface area contributed by atoms with Crippen LogP contribution in [0.15, 0.2) is 41.3 Å². The molecule has 1 fully saturated rings. The first-order chi connectivity index (χ1) is 11.9. The summed E-state index contributed by atoms with van der Waals surface area (Å²) in [6.45, 7) is 6.62. The van der Waals surface area contributed by atoms with Gasteiger partial charge in [-0.1, -0.05) is 0 Å². The molecule has 0 spiro atoms. The molecule has 0 bridgehead atoms. The van der Waals surface area contributed by atoms with Crippen molar-refractivity contribution >= 4 is 5.91 Å². The van der Waals surface area contributed by atoms with Gasteiger partial charge in [-0.3, -0.25) is 14.2 Å². The zero-order valence-electron chi connectivity index (χ0n) is 14.5. The third-order valence-electron chi connectivity index (χ3n) is 4.22. The molecule has 25 heavy (non-hydrogen) atoms. The van der Waals surface area contributed by atoms with Crippen LogP contribution < -0.4 is 5.56 Å². The number of ether oxygens (including phenoxy) is 1. The van der Waals surface area contributed by atoms with Crippen molar-refractivity contribution in [2.75, 3.05) is 13.1 Å². The van der Waals surface area contributed by atoms with Crippen molar-refractivity contribution in [2.24, 2.45) is 0 Å². The number of aryl methyl sites for hydroxylation is 1. The van der Waals surface area contributed by atoms with Crippen molar-refractivity contribution < 1.29 is 13.9 Å². The second-order valence-corrected chi connectivity index (χ2v) is 6.54. The van der Waals surface area contributed by atoms with Crippen LogP contribution in [0, 0.1) is 12.7 Å². The van der Waals surface area contributed by atoms with Gasteiger partial charge in [-0.2, -0.15) is 0 Å². The van der Waals surface area contributed by atoms with E-state index in [0.717, 1.165) is 0 Å². The van der Waals surface area contributed by atoms with E-state index in [2.05, 4.69) is 0 Å². The topological polar surface area (TPSA) is 51.5 Å². The average Bonchev–Trinajstić information content (AvgIpc) is 2.51. The maximum Gasteiger partial charge on any atom is 0.268 e. The SMILES string of the molecule is Cc1ccn(-c2ccc(F)cc2)c(=O)c1C(=O)N1CC(OC(C)C)C1. The number of benzene rings is 1. The van der Waals surface area contributed by atoms with Gasteiger partial charge in [0.15, 0.2) is 0 Å². The van der Waals surface area contributed by atoms with Crippen LogP contribution in [0.1, 0.15) is 29.8 Å². The Hall–Kier alpha value is -2.47. The summed E-state index contributed by atoms with van der Waals surface area (Å²) in [5, 5.41) is 0. The second kappa shape index (κ2) is 6.80. The fraction of sp³-hybridized carbons (Fsp3) is 0.368. The Kier molecular flexibility index (Phi) is 4.72. The number of amides is 1. The average molecular weight is 344 g/mol. The Bertz CT molecular complexity index is 837. The Morgan fingerprint density at radius 2 is 1.84 bits per heavy atom. The lowest BCUT2D eigenvalue weighted by molar-refractivity contribution is -0.0685. The summed E-state index contributed by atoms with van der Waals surface area (Å²) in [4.78, 5) is 27.2. The minimum absolute atomic E-state index is 0.0206. The second-order valence-electron chi connectivity index (χ2n) is 6.54. The molecule has 0 radical (unpaired) electrons. The van der Waals surface area contributed by atoms with Gasteiger partial charge < -0.3 is 9.64 Å². The predicted octanol–water partition coefficient (Wildman–Crippen LogP) is 2.53. The van der Waals surface area contributed by atoms with Crippen LogP contribution in [-0.4, -0.2) is 40.7 Å². The number of hydrogen-bond acceptors (Lipinski definition) is 3. The minimum atomic E-state index is -0.398. The van der Waals surface area contributed by atoms with Gasteiger partial charge in [-0.05, 0) is 56.7 Å². The van der Waals surface area contributed by atoms with Crippen LogP contribution >= 0.6 is 0 Å². The normalized spacial score (nSPS) is 14.7. The standard InChI is InChI=1S/C19H21FN2O3/c1-12(2)25-16-10-21(11-16)18(23)17-13(3)8-9-22(19(17)24)15-6-4-14(20)5-7-15/h4-9,12,16H,10-11H2,1-3H3. The Morgan fingerprint density at radius 1 is 1.20 bits per heavy atom. The zero-order chi connectivity index (χ0) is 18.1. The molecule has 1 aliphatic rings. The molecule has 5 nitrogen and oxygen atoms in total. The van der Waals surface area contributed by atoms with Gasteiger partial charge in [-0.25, -0.2) is 4.39 Å². The summed E-state index contributed by atoms with van der Waals surface area (Å²) in [6.07, 6.45) is 1.73. The molecular weight excluding hydrogens is 323 g/mol. The van der Waals surface area contributed by atoms with Crippen LogP contribution in [0.25, 0.3) is 5.69 Å². The molecule has 0 N–H and O–H groups in total. The van der Waals surface area contributed by atoms with Crippen molar-refractivity contribution in [3.63, 3.8) is 0 Å². The number of aromatic nitrogens is 1. The van der Waals surface area contributed by atoms with Gasteiger partial charge in [0, 0.05) is 25.0 Å². The lowest BCUT2D eigenvalue weighted by atomic mass is 10.1. The first-order valence-electron chi connectivity index (χ1n) is 8.29. The van der Waals surface area contributed by atoms with Gasteiger partial charge in [0.05, 0.1) is 12.2 Å². The van der Waals surface area contributed by atoms with Gasteiger partial charge in [0.1, 0.15) is 11.4 Å². The molecule has 1 aromatic heterocycles. The Balaban J connectivity index is 1.87. The number of rotatable bonds is 4. The summed E-state index contributed by atoms with van der Waals surface area (Å²) in [6, 6.07) is 7.31. The third-order valence-corrected chi connectivity index (χ3v) is 4.22. The molecule has 2 aromatic rings. The Morgan fingerprint density at radius 3 is 2.44 bits per heavy atom. The van der Waals surface area contributed by atoms with E-state index in [4.69, 9.17) is 4.74 Å². The fourth-order valence-electron chi connectivity index (χ4n) is 2.92. The number of carbonyl (C=O) groups is 1. The first kappa shape index (κ1) is 17.4. The molecule has 1 amide bonds. The molecule has 3 rings (SSSR count). The summed E-state index contributed by atoms with van der Waals surface area (Å²) in [5.41, 5.74) is 0.895. The smallest absolute Gasteiger partial charge is 0.268 e. The van der Waals surface area contributed by atoms with Gasteiger partial charge in [0.25, 0.3) is 11.5 Å². The van der Waals surface area contributed by atoms with E-state index in [1.54, 1.807) is 24.1 Å². The number of halogens is 1. The van der Waals surface area contributed by atoms with Crippen LogP contribution in [0.4, 0.5) is 4.39 Å².